The third-order valence-corrected chi connectivity index (χ3v) is 3.17. The van der Waals surface area contributed by atoms with Crippen LogP contribution in [0.3, 0.4) is 0 Å². The average Bonchev–Trinajstić information content (AvgIpc) is 2.21. The maximum Gasteiger partial charge on any atom is 0.274 e. The number of hydrogen-bond donors (Lipinski definition) is 0. The molecule has 1 aromatic rings. The highest BCUT2D eigenvalue weighted by atomic mass is 79.9. The Morgan fingerprint density at radius 1 is 1.41 bits per heavy atom. The van der Waals surface area contributed by atoms with Crippen molar-refractivity contribution >= 4 is 21.6 Å². The fourth-order valence-corrected chi connectivity index (χ4v) is 2.18. The van der Waals surface area contributed by atoms with E-state index in [-0.39, 0.29) is 0 Å². The van der Waals surface area contributed by atoms with E-state index in [1.54, 1.807) is 0 Å². The summed E-state index contributed by atoms with van der Waals surface area (Å²) in [5, 5.41) is 3.69. The quantitative estimate of drug-likeness (QED) is 0.771. The Morgan fingerprint density at radius 2 is 2.18 bits per heavy atom. The monoisotopic (exact) mass is 303 g/mol. The number of rotatable bonds is 4. The first-order valence-electron chi connectivity index (χ1n) is 5.36. The summed E-state index contributed by atoms with van der Waals surface area (Å²) in [7, 11) is 0. The molecule has 1 aromatic carbocycles. The SMILES string of the molecule is FC(F)CON=C1CC(c2cccc(Br)c2)C1. The first kappa shape index (κ1) is 12.5. The van der Waals surface area contributed by atoms with Gasteiger partial charge in [0, 0.05) is 4.47 Å². The van der Waals surface area contributed by atoms with Crippen LogP contribution in [0.4, 0.5) is 8.78 Å². The summed E-state index contributed by atoms with van der Waals surface area (Å²) < 4.78 is 24.6. The molecule has 0 aromatic heterocycles. The Balaban J connectivity index is 1.82. The Kier molecular flexibility index (Phi) is 4.10. The molecule has 0 saturated heterocycles. The van der Waals surface area contributed by atoms with Crippen LogP contribution in [0, 0.1) is 0 Å². The molecule has 0 radical (unpaired) electrons. The van der Waals surface area contributed by atoms with Crippen LogP contribution in [0.2, 0.25) is 0 Å². The minimum Gasteiger partial charge on any atom is -0.390 e. The van der Waals surface area contributed by atoms with Gasteiger partial charge in [-0.1, -0.05) is 33.2 Å². The lowest BCUT2D eigenvalue weighted by molar-refractivity contribution is 0.0192. The van der Waals surface area contributed by atoms with Crippen molar-refractivity contribution in [3.8, 4) is 0 Å². The molecule has 0 unspecified atom stereocenters. The number of nitrogens with zero attached hydrogens (tertiary/aromatic N) is 1. The van der Waals surface area contributed by atoms with Gasteiger partial charge in [-0.25, -0.2) is 8.78 Å². The highest BCUT2D eigenvalue weighted by Gasteiger charge is 2.27. The third kappa shape index (κ3) is 3.49. The lowest BCUT2D eigenvalue weighted by Gasteiger charge is -2.27. The molecular formula is C12H12BrF2NO. The molecule has 0 heterocycles. The molecular weight excluding hydrogens is 292 g/mol. The van der Waals surface area contributed by atoms with Gasteiger partial charge in [0.25, 0.3) is 6.43 Å². The van der Waals surface area contributed by atoms with Crippen LogP contribution in [0.5, 0.6) is 0 Å². The van der Waals surface area contributed by atoms with Gasteiger partial charge >= 0.3 is 0 Å². The lowest BCUT2D eigenvalue weighted by atomic mass is 9.78. The van der Waals surface area contributed by atoms with Gasteiger partial charge in [0.2, 0.25) is 0 Å². The molecule has 2 nitrogen and oxygen atoms in total. The van der Waals surface area contributed by atoms with Gasteiger partial charge < -0.3 is 4.84 Å². The van der Waals surface area contributed by atoms with Gasteiger partial charge in [0.15, 0.2) is 6.61 Å². The Morgan fingerprint density at radius 3 is 2.82 bits per heavy atom. The van der Waals surface area contributed by atoms with Crippen LogP contribution in [0.15, 0.2) is 33.9 Å². The highest BCUT2D eigenvalue weighted by molar-refractivity contribution is 9.10. The van der Waals surface area contributed by atoms with E-state index in [9.17, 15) is 8.78 Å². The summed E-state index contributed by atoms with van der Waals surface area (Å²) in [4.78, 5) is 4.54. The van der Waals surface area contributed by atoms with Gasteiger partial charge in [-0.2, -0.15) is 0 Å². The molecule has 0 amide bonds. The van der Waals surface area contributed by atoms with Crippen molar-refractivity contribution < 1.29 is 13.6 Å². The van der Waals surface area contributed by atoms with E-state index in [4.69, 9.17) is 0 Å². The van der Waals surface area contributed by atoms with Crippen molar-refractivity contribution in [3.63, 3.8) is 0 Å². The fourth-order valence-electron chi connectivity index (χ4n) is 1.76. The van der Waals surface area contributed by atoms with Crippen molar-refractivity contribution in [2.75, 3.05) is 6.61 Å². The van der Waals surface area contributed by atoms with E-state index >= 15 is 0 Å². The van der Waals surface area contributed by atoms with E-state index in [0.29, 0.717) is 5.92 Å². The number of alkyl halides is 2. The summed E-state index contributed by atoms with van der Waals surface area (Å²) in [5.41, 5.74) is 2.10. The number of benzene rings is 1. The maximum absolute atomic E-state index is 11.8. The van der Waals surface area contributed by atoms with Crippen molar-refractivity contribution in [2.24, 2.45) is 5.16 Å². The van der Waals surface area contributed by atoms with Gasteiger partial charge in [0.05, 0.1) is 5.71 Å². The first-order valence-corrected chi connectivity index (χ1v) is 6.16. The Labute approximate surface area is 107 Å². The highest BCUT2D eigenvalue weighted by Crippen LogP contribution is 2.35. The summed E-state index contributed by atoms with van der Waals surface area (Å²) in [6.07, 6.45) is -0.875. The van der Waals surface area contributed by atoms with Crippen LogP contribution < -0.4 is 0 Å². The first-order chi connectivity index (χ1) is 8.15. The van der Waals surface area contributed by atoms with E-state index in [0.717, 1.165) is 23.0 Å². The van der Waals surface area contributed by atoms with Gasteiger partial charge in [-0.15, -0.1) is 0 Å². The standard InChI is InChI=1S/C12H12BrF2NO/c13-10-3-1-2-8(4-10)9-5-11(6-9)16-17-7-12(14)15/h1-4,9,12H,5-7H2. The van der Waals surface area contributed by atoms with Gasteiger partial charge in [-0.05, 0) is 36.5 Å². The molecule has 0 aliphatic heterocycles. The number of hydrogen-bond acceptors (Lipinski definition) is 2. The zero-order valence-corrected chi connectivity index (χ0v) is 10.7. The number of oxime groups is 1. The second-order valence-corrected chi connectivity index (χ2v) is 4.92. The van der Waals surface area contributed by atoms with E-state index < -0.39 is 13.0 Å². The molecule has 0 spiro atoms. The summed E-state index contributed by atoms with van der Waals surface area (Å²) in [6.45, 7) is -0.620. The Bertz CT molecular complexity index is 415. The van der Waals surface area contributed by atoms with Crippen LogP contribution in [-0.2, 0) is 4.84 Å². The largest absolute Gasteiger partial charge is 0.390 e. The second-order valence-electron chi connectivity index (χ2n) is 4.00. The predicted octanol–water partition coefficient (Wildman–Crippen LogP) is 3.96. The molecule has 1 fully saturated rings. The van der Waals surface area contributed by atoms with Crippen molar-refractivity contribution in [1.82, 2.24) is 0 Å². The second kappa shape index (κ2) is 5.58. The Hall–Kier alpha value is -0.970. The predicted molar refractivity (Wildman–Crippen MR) is 65.5 cm³/mol. The third-order valence-electron chi connectivity index (χ3n) is 2.68. The molecule has 0 bridgehead atoms. The van der Waals surface area contributed by atoms with E-state index in [1.807, 2.05) is 12.1 Å². The summed E-state index contributed by atoms with van der Waals surface area (Å²) >= 11 is 3.42. The van der Waals surface area contributed by atoms with Crippen LogP contribution in [-0.4, -0.2) is 18.7 Å². The molecule has 1 aliphatic carbocycles. The van der Waals surface area contributed by atoms with Gasteiger partial charge in [0.1, 0.15) is 0 Å². The minimum atomic E-state index is -2.46. The topological polar surface area (TPSA) is 21.6 Å². The van der Waals surface area contributed by atoms with Crippen LogP contribution in [0.1, 0.15) is 24.3 Å². The average molecular weight is 304 g/mol. The van der Waals surface area contributed by atoms with Crippen molar-refractivity contribution in [2.45, 2.75) is 25.2 Å². The smallest absolute Gasteiger partial charge is 0.274 e. The molecule has 2 rings (SSSR count). The molecule has 17 heavy (non-hydrogen) atoms. The van der Waals surface area contributed by atoms with Gasteiger partial charge in [-0.3, -0.25) is 0 Å². The molecule has 0 atom stereocenters. The summed E-state index contributed by atoms with van der Waals surface area (Å²) in [5.74, 6) is 0.432. The molecule has 5 heteroatoms. The maximum atomic E-state index is 11.8. The van der Waals surface area contributed by atoms with Crippen molar-refractivity contribution in [1.29, 1.82) is 0 Å². The zero-order chi connectivity index (χ0) is 12.3. The van der Waals surface area contributed by atoms with Crippen LogP contribution >= 0.6 is 15.9 Å². The lowest BCUT2D eigenvalue weighted by Crippen LogP contribution is -2.22. The van der Waals surface area contributed by atoms with E-state index in [1.165, 1.54) is 5.56 Å². The normalized spacial score (nSPS) is 19.1. The molecule has 92 valence electrons. The molecule has 1 saturated carbocycles. The minimum absolute atomic E-state index is 0.432. The fraction of sp³-hybridized carbons (Fsp3) is 0.417. The number of halogens is 3. The zero-order valence-electron chi connectivity index (χ0n) is 9.07. The molecule has 1 aliphatic rings. The van der Waals surface area contributed by atoms with Crippen LogP contribution in [0.25, 0.3) is 0 Å². The van der Waals surface area contributed by atoms with Crippen molar-refractivity contribution in [3.05, 3.63) is 34.3 Å². The van der Waals surface area contributed by atoms with E-state index in [2.05, 4.69) is 38.1 Å². The summed E-state index contributed by atoms with van der Waals surface area (Å²) in [6, 6.07) is 8.10. The molecule has 0 N–H and O–H groups in total.